The van der Waals surface area contributed by atoms with Gasteiger partial charge in [-0.25, -0.2) is 0 Å². The van der Waals surface area contributed by atoms with Crippen molar-refractivity contribution < 1.29 is 0 Å². The van der Waals surface area contributed by atoms with Gasteiger partial charge >= 0.3 is 0 Å². The predicted octanol–water partition coefficient (Wildman–Crippen LogP) is 3.27. The highest BCUT2D eigenvalue weighted by Crippen LogP contribution is 2.31. The Labute approximate surface area is 122 Å². The van der Waals surface area contributed by atoms with E-state index in [1.165, 1.54) is 32.1 Å². The van der Waals surface area contributed by atoms with Gasteiger partial charge in [0.2, 0.25) is 4.77 Å². The lowest BCUT2D eigenvalue weighted by Crippen LogP contribution is -2.10. The van der Waals surface area contributed by atoms with E-state index in [-0.39, 0.29) is 0 Å². The number of nitrogens with zero attached hydrogens (tertiary/aromatic N) is 4. The molecule has 0 saturated heterocycles. The summed E-state index contributed by atoms with van der Waals surface area (Å²) < 4.78 is 2.30. The number of H-pyrrole nitrogens is 1. The van der Waals surface area contributed by atoms with Gasteiger partial charge in [0.15, 0.2) is 5.82 Å². The summed E-state index contributed by atoms with van der Waals surface area (Å²) in [6, 6.07) is 3.85. The minimum atomic E-state index is 0.461. The Kier molecular flexibility index (Phi) is 4.01. The van der Waals surface area contributed by atoms with E-state index in [9.17, 15) is 0 Å². The lowest BCUT2D eigenvalue weighted by Gasteiger charge is -2.19. The van der Waals surface area contributed by atoms with Crippen molar-refractivity contribution in [3.05, 3.63) is 40.7 Å². The lowest BCUT2D eigenvalue weighted by molar-refractivity contribution is 0.419. The first kappa shape index (κ1) is 13.2. The number of rotatable bonds is 3. The Morgan fingerprint density at radius 1 is 1.35 bits per heavy atom. The van der Waals surface area contributed by atoms with Crippen LogP contribution in [-0.2, 0) is 0 Å². The molecule has 0 bridgehead atoms. The third-order valence-electron chi connectivity index (χ3n) is 3.65. The molecule has 5 nitrogen and oxygen atoms in total. The predicted molar refractivity (Wildman–Crippen MR) is 80.5 cm³/mol. The number of hydrogen-bond acceptors (Lipinski definition) is 4. The number of aromatic nitrogens is 4. The van der Waals surface area contributed by atoms with Crippen LogP contribution in [0.5, 0.6) is 0 Å². The summed E-state index contributed by atoms with van der Waals surface area (Å²) in [5.41, 5.74) is 0.949. The fourth-order valence-electron chi connectivity index (χ4n) is 2.62. The van der Waals surface area contributed by atoms with Crippen molar-refractivity contribution in [3.8, 4) is 0 Å². The van der Waals surface area contributed by atoms with Crippen LogP contribution in [0.15, 0.2) is 29.6 Å². The fraction of sp³-hybridized carbons (Fsp3) is 0.429. The molecule has 0 aromatic carbocycles. The van der Waals surface area contributed by atoms with Crippen LogP contribution in [0.3, 0.4) is 0 Å². The van der Waals surface area contributed by atoms with Crippen LogP contribution in [0, 0.1) is 4.77 Å². The minimum absolute atomic E-state index is 0.461. The first-order chi connectivity index (χ1) is 9.84. The Morgan fingerprint density at radius 3 is 2.95 bits per heavy atom. The third-order valence-corrected chi connectivity index (χ3v) is 3.92. The molecule has 3 rings (SSSR count). The highest BCUT2D eigenvalue weighted by atomic mass is 32.1. The molecule has 2 heterocycles. The average molecular weight is 287 g/mol. The highest BCUT2D eigenvalue weighted by molar-refractivity contribution is 7.71. The molecule has 2 aromatic heterocycles. The molecule has 0 amide bonds. The van der Waals surface area contributed by atoms with Gasteiger partial charge in [0.25, 0.3) is 0 Å². The monoisotopic (exact) mass is 287 g/mol. The molecule has 2 aromatic rings. The summed E-state index contributed by atoms with van der Waals surface area (Å²) in [6.45, 7) is 0. The second-order valence-electron chi connectivity index (χ2n) is 5.06. The number of nitrogens with one attached hydrogen (secondary N) is 1. The first-order valence-electron chi connectivity index (χ1n) is 6.96. The van der Waals surface area contributed by atoms with Gasteiger partial charge in [0.1, 0.15) is 0 Å². The van der Waals surface area contributed by atoms with Gasteiger partial charge in [-0.05, 0) is 31.1 Å². The molecule has 1 fully saturated rings. The second kappa shape index (κ2) is 6.09. The maximum Gasteiger partial charge on any atom is 0.216 e. The molecule has 0 atom stereocenters. The average Bonchev–Trinajstić information content (AvgIpc) is 2.88. The molecule has 104 valence electrons. The van der Waals surface area contributed by atoms with Crippen LogP contribution < -0.4 is 0 Å². The molecule has 0 spiro atoms. The Morgan fingerprint density at radius 2 is 2.20 bits per heavy atom. The van der Waals surface area contributed by atoms with Crippen molar-refractivity contribution in [2.75, 3.05) is 0 Å². The van der Waals surface area contributed by atoms with E-state index < -0.39 is 0 Å². The molecular weight excluding hydrogens is 270 g/mol. The quantitative estimate of drug-likeness (QED) is 0.696. The Balaban J connectivity index is 1.87. The SMILES string of the molecule is S=c1[nH]nc(C2CCCCC2)n1/N=C\c1cccnc1. The molecule has 0 unspecified atom stereocenters. The molecule has 0 aliphatic heterocycles. The summed E-state index contributed by atoms with van der Waals surface area (Å²) in [6.07, 6.45) is 11.5. The lowest BCUT2D eigenvalue weighted by atomic mass is 9.89. The maximum absolute atomic E-state index is 5.27. The second-order valence-corrected chi connectivity index (χ2v) is 5.45. The van der Waals surface area contributed by atoms with E-state index in [4.69, 9.17) is 12.2 Å². The zero-order valence-corrected chi connectivity index (χ0v) is 12.0. The molecule has 1 N–H and O–H groups in total. The molecule has 1 saturated carbocycles. The summed E-state index contributed by atoms with van der Waals surface area (Å²) >= 11 is 5.27. The molecular formula is C14H17N5S. The molecule has 20 heavy (non-hydrogen) atoms. The smallest absolute Gasteiger partial charge is 0.216 e. The Bertz CT molecular complexity index is 637. The van der Waals surface area contributed by atoms with Gasteiger partial charge in [-0.1, -0.05) is 25.3 Å². The standard InChI is InChI=1S/C14H17N5S/c20-14-18-17-13(12-6-2-1-3-7-12)19(14)16-10-11-5-4-8-15-9-11/h4-5,8-10,12H,1-3,6-7H2,(H,18,20)/b16-10-. The zero-order valence-electron chi connectivity index (χ0n) is 11.2. The van der Waals surface area contributed by atoms with E-state index in [1.807, 2.05) is 12.1 Å². The maximum atomic E-state index is 5.27. The van der Waals surface area contributed by atoms with Crippen molar-refractivity contribution in [2.45, 2.75) is 38.0 Å². The van der Waals surface area contributed by atoms with Crippen LogP contribution in [0.4, 0.5) is 0 Å². The van der Waals surface area contributed by atoms with Gasteiger partial charge in [-0.3, -0.25) is 10.1 Å². The van der Waals surface area contributed by atoms with Gasteiger partial charge < -0.3 is 0 Å². The van der Waals surface area contributed by atoms with Crippen LogP contribution in [0.25, 0.3) is 0 Å². The molecule has 0 radical (unpaired) electrons. The van der Waals surface area contributed by atoms with E-state index in [2.05, 4.69) is 20.3 Å². The number of aromatic amines is 1. The first-order valence-corrected chi connectivity index (χ1v) is 7.37. The van der Waals surface area contributed by atoms with Gasteiger partial charge in [-0.15, -0.1) is 0 Å². The van der Waals surface area contributed by atoms with E-state index in [0.717, 1.165) is 11.4 Å². The summed E-state index contributed by atoms with van der Waals surface area (Å²) in [4.78, 5) is 4.07. The van der Waals surface area contributed by atoms with Gasteiger partial charge in [0, 0.05) is 23.9 Å². The molecule has 1 aliphatic carbocycles. The zero-order chi connectivity index (χ0) is 13.8. The van der Waals surface area contributed by atoms with Crippen LogP contribution >= 0.6 is 12.2 Å². The van der Waals surface area contributed by atoms with Crippen LogP contribution in [-0.4, -0.2) is 26.1 Å². The molecule has 1 aliphatic rings. The van der Waals surface area contributed by atoms with Crippen molar-refractivity contribution in [1.82, 2.24) is 19.9 Å². The van der Waals surface area contributed by atoms with Gasteiger partial charge in [0.05, 0.1) is 6.21 Å². The fourth-order valence-corrected chi connectivity index (χ4v) is 2.80. The van der Waals surface area contributed by atoms with Crippen molar-refractivity contribution >= 4 is 18.4 Å². The number of pyridine rings is 1. The summed E-state index contributed by atoms with van der Waals surface area (Å²) in [7, 11) is 0. The normalized spacial score (nSPS) is 16.8. The van der Waals surface area contributed by atoms with Crippen LogP contribution in [0.2, 0.25) is 0 Å². The Hall–Kier alpha value is -1.82. The van der Waals surface area contributed by atoms with E-state index in [0.29, 0.717) is 10.7 Å². The van der Waals surface area contributed by atoms with E-state index >= 15 is 0 Å². The highest BCUT2D eigenvalue weighted by Gasteiger charge is 2.21. The van der Waals surface area contributed by atoms with E-state index in [1.54, 1.807) is 23.3 Å². The summed E-state index contributed by atoms with van der Waals surface area (Å²) in [5.74, 6) is 1.41. The molecule has 6 heteroatoms. The van der Waals surface area contributed by atoms with Crippen molar-refractivity contribution in [3.63, 3.8) is 0 Å². The topological polar surface area (TPSA) is 58.9 Å². The van der Waals surface area contributed by atoms with Crippen molar-refractivity contribution in [1.29, 1.82) is 0 Å². The van der Waals surface area contributed by atoms with Crippen molar-refractivity contribution in [2.24, 2.45) is 5.10 Å². The summed E-state index contributed by atoms with van der Waals surface area (Å²) in [5, 5.41) is 11.7. The largest absolute Gasteiger partial charge is 0.264 e. The van der Waals surface area contributed by atoms with Crippen LogP contribution in [0.1, 0.15) is 49.4 Å². The van der Waals surface area contributed by atoms with Gasteiger partial charge in [-0.2, -0.15) is 14.9 Å². The number of hydrogen-bond donors (Lipinski definition) is 1. The third kappa shape index (κ3) is 2.85. The minimum Gasteiger partial charge on any atom is -0.264 e.